The molecule has 1 aromatic heterocycles. The van der Waals surface area contributed by atoms with E-state index in [0.717, 1.165) is 28.8 Å². The smallest absolute Gasteiger partial charge is 0.279 e. The maximum atomic E-state index is 12.5. The molecular formula is C19H20N2OS. The lowest BCUT2D eigenvalue weighted by Gasteiger charge is -2.03. The lowest BCUT2D eigenvalue weighted by molar-refractivity contribution is 0.0998. The van der Waals surface area contributed by atoms with Gasteiger partial charge in [-0.15, -0.1) is 0 Å². The summed E-state index contributed by atoms with van der Waals surface area (Å²) in [7, 11) is 0. The first-order chi connectivity index (χ1) is 11.1. The van der Waals surface area contributed by atoms with E-state index in [9.17, 15) is 4.79 Å². The van der Waals surface area contributed by atoms with Crippen molar-refractivity contribution in [2.75, 3.05) is 0 Å². The minimum Gasteiger partial charge on any atom is -0.316 e. The lowest BCUT2D eigenvalue weighted by atomic mass is 10.1. The molecular weight excluding hydrogens is 304 g/mol. The molecule has 118 valence electrons. The Morgan fingerprint density at radius 2 is 1.78 bits per heavy atom. The van der Waals surface area contributed by atoms with Gasteiger partial charge >= 0.3 is 0 Å². The summed E-state index contributed by atoms with van der Waals surface area (Å²) >= 11 is 1.58. The average Bonchev–Trinajstić information content (AvgIpc) is 2.85. The molecule has 0 N–H and O–H groups in total. The van der Waals surface area contributed by atoms with Gasteiger partial charge in [0.1, 0.15) is 0 Å². The molecule has 0 saturated heterocycles. The second-order valence-corrected chi connectivity index (χ2v) is 6.80. The molecule has 0 unspecified atom stereocenters. The minimum absolute atomic E-state index is 0.182. The first-order valence-corrected chi connectivity index (χ1v) is 8.66. The molecule has 1 amide bonds. The van der Waals surface area contributed by atoms with Crippen LogP contribution in [0.15, 0.2) is 47.5 Å². The van der Waals surface area contributed by atoms with E-state index in [0.29, 0.717) is 5.56 Å². The molecule has 0 aliphatic heterocycles. The van der Waals surface area contributed by atoms with Crippen molar-refractivity contribution >= 4 is 27.5 Å². The number of fused-ring (bicyclic) bond motifs is 1. The quantitative estimate of drug-likeness (QED) is 0.700. The van der Waals surface area contributed by atoms with Gasteiger partial charge in [-0.3, -0.25) is 4.79 Å². The zero-order valence-corrected chi connectivity index (χ0v) is 14.5. The highest BCUT2D eigenvalue weighted by Crippen LogP contribution is 2.19. The van der Waals surface area contributed by atoms with Crippen LogP contribution >= 0.6 is 11.3 Å². The monoisotopic (exact) mass is 324 g/mol. The summed E-state index contributed by atoms with van der Waals surface area (Å²) in [6.07, 6.45) is 1.01. The standard InChI is InChI=1S/C19H20N2OS/c1-4-11-21-16-10-7-14(3)12-17(16)23-19(21)20-18(22)15-8-5-13(2)6-9-15/h5-10,12H,4,11H2,1-3H3. The number of aromatic nitrogens is 1. The molecule has 2 aromatic carbocycles. The second kappa shape index (κ2) is 6.50. The summed E-state index contributed by atoms with van der Waals surface area (Å²) in [5.74, 6) is -0.182. The zero-order valence-electron chi connectivity index (χ0n) is 13.7. The van der Waals surface area contributed by atoms with Gasteiger partial charge in [0.05, 0.1) is 10.2 Å². The van der Waals surface area contributed by atoms with Crippen LogP contribution in [0.25, 0.3) is 10.2 Å². The number of rotatable bonds is 3. The Kier molecular flexibility index (Phi) is 4.44. The zero-order chi connectivity index (χ0) is 16.4. The van der Waals surface area contributed by atoms with Crippen molar-refractivity contribution in [1.29, 1.82) is 0 Å². The molecule has 0 radical (unpaired) electrons. The van der Waals surface area contributed by atoms with Crippen LogP contribution in [-0.2, 0) is 6.54 Å². The number of nitrogens with zero attached hydrogens (tertiary/aromatic N) is 2. The number of thiazole rings is 1. The minimum atomic E-state index is -0.182. The molecule has 0 bridgehead atoms. The summed E-state index contributed by atoms with van der Waals surface area (Å²) < 4.78 is 3.32. The predicted molar refractivity (Wildman–Crippen MR) is 95.9 cm³/mol. The van der Waals surface area contributed by atoms with Gasteiger partial charge in [-0.2, -0.15) is 4.99 Å². The molecule has 0 aliphatic rings. The largest absolute Gasteiger partial charge is 0.316 e. The van der Waals surface area contributed by atoms with E-state index in [4.69, 9.17) is 0 Å². The van der Waals surface area contributed by atoms with Crippen LogP contribution in [-0.4, -0.2) is 10.5 Å². The summed E-state index contributed by atoms with van der Waals surface area (Å²) in [6, 6.07) is 13.9. The number of hydrogen-bond acceptors (Lipinski definition) is 2. The van der Waals surface area contributed by atoms with Gasteiger partial charge in [-0.25, -0.2) is 0 Å². The van der Waals surface area contributed by atoms with E-state index in [2.05, 4.69) is 41.6 Å². The van der Waals surface area contributed by atoms with Crippen LogP contribution < -0.4 is 4.80 Å². The van der Waals surface area contributed by atoms with Crippen LogP contribution in [0.1, 0.15) is 34.8 Å². The molecule has 23 heavy (non-hydrogen) atoms. The normalized spacial score (nSPS) is 12.0. The third kappa shape index (κ3) is 3.27. The van der Waals surface area contributed by atoms with Gasteiger partial charge < -0.3 is 4.57 Å². The molecule has 0 spiro atoms. The number of carbonyl (C=O) groups is 1. The van der Waals surface area contributed by atoms with Gasteiger partial charge in [0, 0.05) is 12.1 Å². The van der Waals surface area contributed by atoms with E-state index in [-0.39, 0.29) is 5.91 Å². The fourth-order valence-electron chi connectivity index (χ4n) is 2.55. The predicted octanol–water partition coefficient (Wildman–Crippen LogP) is 4.47. The Hall–Kier alpha value is -2.20. The summed E-state index contributed by atoms with van der Waals surface area (Å²) in [5, 5.41) is 0. The molecule has 0 saturated carbocycles. The first-order valence-electron chi connectivity index (χ1n) is 7.84. The Morgan fingerprint density at radius 3 is 2.48 bits per heavy atom. The Bertz CT molecular complexity index is 917. The van der Waals surface area contributed by atoms with Gasteiger partial charge in [0.2, 0.25) is 0 Å². The lowest BCUT2D eigenvalue weighted by Crippen LogP contribution is -2.16. The van der Waals surface area contributed by atoms with Crippen molar-refractivity contribution in [3.05, 3.63) is 64.0 Å². The number of carbonyl (C=O) groups excluding carboxylic acids is 1. The SMILES string of the molecule is CCCn1c(=NC(=O)c2ccc(C)cc2)sc2cc(C)ccc21. The number of amides is 1. The van der Waals surface area contributed by atoms with Crippen LogP contribution in [0.3, 0.4) is 0 Å². The Balaban J connectivity index is 2.12. The maximum Gasteiger partial charge on any atom is 0.279 e. The van der Waals surface area contributed by atoms with Crippen molar-refractivity contribution < 1.29 is 4.79 Å². The number of hydrogen-bond donors (Lipinski definition) is 0. The van der Waals surface area contributed by atoms with Crippen LogP contribution in [0.2, 0.25) is 0 Å². The fourth-order valence-corrected chi connectivity index (χ4v) is 3.71. The Labute approximate surface area is 139 Å². The van der Waals surface area contributed by atoms with E-state index in [1.807, 2.05) is 31.2 Å². The molecule has 1 heterocycles. The van der Waals surface area contributed by atoms with E-state index in [1.54, 1.807) is 11.3 Å². The summed E-state index contributed by atoms with van der Waals surface area (Å²) in [4.78, 5) is 17.6. The third-order valence-electron chi connectivity index (χ3n) is 3.78. The molecule has 0 aliphatic carbocycles. The highest BCUT2D eigenvalue weighted by molar-refractivity contribution is 7.16. The summed E-state index contributed by atoms with van der Waals surface area (Å²) in [5.41, 5.74) is 4.14. The van der Waals surface area contributed by atoms with Crippen molar-refractivity contribution in [3.8, 4) is 0 Å². The molecule has 4 heteroatoms. The second-order valence-electron chi connectivity index (χ2n) is 5.79. The van der Waals surface area contributed by atoms with Gasteiger partial charge in [-0.05, 0) is 50.1 Å². The topological polar surface area (TPSA) is 34.4 Å². The molecule has 3 aromatic rings. The average molecular weight is 324 g/mol. The fraction of sp³-hybridized carbons (Fsp3) is 0.263. The molecule has 3 nitrogen and oxygen atoms in total. The van der Waals surface area contributed by atoms with E-state index < -0.39 is 0 Å². The summed E-state index contributed by atoms with van der Waals surface area (Å²) in [6.45, 7) is 7.09. The third-order valence-corrected chi connectivity index (χ3v) is 4.82. The Morgan fingerprint density at radius 1 is 1.09 bits per heavy atom. The van der Waals surface area contributed by atoms with Gasteiger partial charge in [0.15, 0.2) is 4.80 Å². The molecule has 0 fully saturated rings. The number of aryl methyl sites for hydroxylation is 3. The van der Waals surface area contributed by atoms with Crippen LogP contribution in [0.4, 0.5) is 0 Å². The van der Waals surface area contributed by atoms with E-state index >= 15 is 0 Å². The maximum absolute atomic E-state index is 12.5. The van der Waals surface area contributed by atoms with E-state index in [1.165, 1.54) is 10.3 Å². The van der Waals surface area contributed by atoms with Crippen molar-refractivity contribution in [2.24, 2.45) is 4.99 Å². The van der Waals surface area contributed by atoms with Gasteiger partial charge in [-0.1, -0.05) is 42.0 Å². The van der Waals surface area contributed by atoms with Crippen molar-refractivity contribution in [1.82, 2.24) is 4.57 Å². The molecule has 0 atom stereocenters. The van der Waals surface area contributed by atoms with Crippen LogP contribution in [0, 0.1) is 13.8 Å². The highest BCUT2D eigenvalue weighted by atomic mass is 32.1. The van der Waals surface area contributed by atoms with Crippen LogP contribution in [0.5, 0.6) is 0 Å². The highest BCUT2D eigenvalue weighted by Gasteiger charge is 2.09. The van der Waals surface area contributed by atoms with Crippen molar-refractivity contribution in [3.63, 3.8) is 0 Å². The number of benzene rings is 2. The first kappa shape index (κ1) is 15.7. The van der Waals surface area contributed by atoms with Gasteiger partial charge in [0.25, 0.3) is 5.91 Å². The van der Waals surface area contributed by atoms with Crippen molar-refractivity contribution in [2.45, 2.75) is 33.7 Å². The molecule has 3 rings (SSSR count).